The van der Waals surface area contributed by atoms with Crippen molar-refractivity contribution in [2.75, 3.05) is 0 Å². The van der Waals surface area contributed by atoms with Gasteiger partial charge < -0.3 is 0 Å². The van der Waals surface area contributed by atoms with Gasteiger partial charge >= 0.3 is 0 Å². The van der Waals surface area contributed by atoms with Gasteiger partial charge in [0.2, 0.25) is 0 Å². The summed E-state index contributed by atoms with van der Waals surface area (Å²) in [5, 5.41) is 8.76. The maximum absolute atomic E-state index is 14.0. The van der Waals surface area contributed by atoms with E-state index in [1.54, 1.807) is 29.2 Å². The Labute approximate surface area is 112 Å². The van der Waals surface area contributed by atoms with Crippen LogP contribution in [0.1, 0.15) is 0 Å². The zero-order valence-corrected chi connectivity index (χ0v) is 10.5. The first-order valence-corrected chi connectivity index (χ1v) is 6.01. The molecule has 1 aromatic carbocycles. The van der Waals surface area contributed by atoms with Crippen LogP contribution in [0, 0.1) is 5.82 Å². The molecule has 0 bridgehead atoms. The third-order valence-corrected chi connectivity index (χ3v) is 3.12. The third-order valence-electron chi connectivity index (χ3n) is 3.12. The number of hydrogen-bond acceptors (Lipinski definition) is 4. The molecule has 98 valence electrons. The smallest absolute Gasteiger partial charge is 0.185 e. The van der Waals surface area contributed by atoms with Crippen LogP contribution >= 0.6 is 0 Å². The molecule has 3 aromatic heterocycles. The normalized spacial score (nSPS) is 11.5. The average molecular weight is 268 g/mol. The Morgan fingerprint density at radius 3 is 2.95 bits per heavy atom. The average Bonchev–Trinajstić information content (AvgIpc) is 3.04. The largest absolute Gasteiger partial charge is 0.275 e. The quantitative estimate of drug-likeness (QED) is 0.528. The number of nitrogens with zero attached hydrogens (tertiary/aromatic N) is 6. The molecule has 20 heavy (non-hydrogen) atoms. The van der Waals surface area contributed by atoms with Crippen molar-refractivity contribution in [1.82, 2.24) is 29.4 Å². The van der Waals surface area contributed by atoms with E-state index in [4.69, 9.17) is 0 Å². The van der Waals surface area contributed by atoms with Crippen molar-refractivity contribution in [3.8, 4) is 11.4 Å². The Hall–Kier alpha value is -2.83. The lowest BCUT2D eigenvalue weighted by Gasteiger charge is -1.98. The fourth-order valence-electron chi connectivity index (χ4n) is 2.19. The summed E-state index contributed by atoms with van der Waals surface area (Å²) in [6, 6.07) is 4.76. The molecule has 0 saturated carbocycles. The van der Waals surface area contributed by atoms with Crippen molar-refractivity contribution in [3.63, 3.8) is 0 Å². The molecular weight excluding hydrogens is 259 g/mol. The molecule has 0 aliphatic heterocycles. The summed E-state index contributed by atoms with van der Waals surface area (Å²) in [5.41, 5.74) is 1.79. The van der Waals surface area contributed by atoms with Gasteiger partial charge in [-0.3, -0.25) is 4.68 Å². The molecule has 0 unspecified atom stereocenters. The summed E-state index contributed by atoms with van der Waals surface area (Å²) >= 11 is 0. The van der Waals surface area contributed by atoms with Crippen LogP contribution in [-0.2, 0) is 7.05 Å². The lowest BCUT2D eigenvalue weighted by atomic mass is 10.2. The van der Waals surface area contributed by atoms with Crippen molar-refractivity contribution < 1.29 is 4.39 Å². The predicted molar refractivity (Wildman–Crippen MR) is 70.4 cm³/mol. The first kappa shape index (κ1) is 11.0. The van der Waals surface area contributed by atoms with Crippen molar-refractivity contribution in [1.29, 1.82) is 0 Å². The highest BCUT2D eigenvalue weighted by molar-refractivity contribution is 5.91. The monoisotopic (exact) mass is 268 g/mol. The van der Waals surface area contributed by atoms with Crippen LogP contribution in [0.4, 0.5) is 4.39 Å². The fraction of sp³-hybridized carbons (Fsp3) is 0.0769. The molecule has 7 heteroatoms. The molecule has 0 aliphatic rings. The summed E-state index contributed by atoms with van der Waals surface area (Å²) in [7, 11) is 1.82. The summed E-state index contributed by atoms with van der Waals surface area (Å²) in [5.74, 6) is 0.140. The van der Waals surface area contributed by atoms with Gasteiger partial charge in [-0.1, -0.05) is 6.07 Å². The SMILES string of the molecule is Cn1cc(-c2nc3c4c(F)cccc4ncn3n2)cn1. The standard InChI is InChI=1S/C13H9FN6/c1-19-6-8(5-16-19)12-17-13-11-9(14)3-2-4-10(11)15-7-20(13)18-12/h2-7H,1H3. The predicted octanol–water partition coefficient (Wildman–Crippen LogP) is 1.82. The second kappa shape index (κ2) is 3.83. The first-order valence-electron chi connectivity index (χ1n) is 6.01. The molecule has 0 atom stereocenters. The first-order chi connectivity index (χ1) is 9.72. The fourth-order valence-corrected chi connectivity index (χ4v) is 2.19. The molecule has 0 spiro atoms. The van der Waals surface area contributed by atoms with Crippen LogP contribution in [-0.4, -0.2) is 29.4 Å². The molecule has 4 aromatic rings. The van der Waals surface area contributed by atoms with Crippen LogP contribution in [0.3, 0.4) is 0 Å². The van der Waals surface area contributed by atoms with E-state index in [-0.39, 0.29) is 5.82 Å². The van der Waals surface area contributed by atoms with Gasteiger partial charge in [-0.05, 0) is 12.1 Å². The van der Waals surface area contributed by atoms with Gasteiger partial charge in [0, 0.05) is 13.2 Å². The van der Waals surface area contributed by atoms with Crippen molar-refractivity contribution >= 4 is 16.6 Å². The minimum Gasteiger partial charge on any atom is -0.275 e. The molecule has 4 rings (SSSR count). The number of aryl methyl sites for hydroxylation is 1. The molecule has 6 nitrogen and oxygen atoms in total. The van der Waals surface area contributed by atoms with Crippen LogP contribution < -0.4 is 0 Å². The number of benzene rings is 1. The molecule has 0 N–H and O–H groups in total. The Morgan fingerprint density at radius 2 is 2.15 bits per heavy atom. The maximum Gasteiger partial charge on any atom is 0.185 e. The number of rotatable bonds is 1. The van der Waals surface area contributed by atoms with E-state index in [9.17, 15) is 4.39 Å². The summed E-state index contributed by atoms with van der Waals surface area (Å²) in [6.45, 7) is 0. The molecular formula is C13H9FN6. The topological polar surface area (TPSA) is 60.9 Å². The van der Waals surface area contributed by atoms with Gasteiger partial charge in [-0.15, -0.1) is 5.10 Å². The van der Waals surface area contributed by atoms with E-state index in [0.29, 0.717) is 22.4 Å². The van der Waals surface area contributed by atoms with Gasteiger partial charge in [-0.2, -0.15) is 5.10 Å². The second-order valence-electron chi connectivity index (χ2n) is 4.48. The summed E-state index contributed by atoms with van der Waals surface area (Å²) < 4.78 is 17.1. The van der Waals surface area contributed by atoms with E-state index in [0.717, 1.165) is 5.56 Å². The second-order valence-corrected chi connectivity index (χ2v) is 4.48. The van der Waals surface area contributed by atoms with Crippen molar-refractivity contribution in [3.05, 3.63) is 42.7 Å². The zero-order chi connectivity index (χ0) is 13.7. The molecule has 3 heterocycles. The molecule has 0 fully saturated rings. The van der Waals surface area contributed by atoms with Crippen molar-refractivity contribution in [2.45, 2.75) is 0 Å². The van der Waals surface area contributed by atoms with Gasteiger partial charge in [0.25, 0.3) is 0 Å². The van der Waals surface area contributed by atoms with E-state index in [2.05, 4.69) is 20.2 Å². The summed E-state index contributed by atoms with van der Waals surface area (Å²) in [6.07, 6.45) is 5.01. The van der Waals surface area contributed by atoms with Crippen molar-refractivity contribution in [2.24, 2.45) is 7.05 Å². The highest BCUT2D eigenvalue weighted by Crippen LogP contribution is 2.22. The van der Waals surface area contributed by atoms with E-state index >= 15 is 0 Å². The van der Waals surface area contributed by atoms with Gasteiger partial charge in [0.1, 0.15) is 12.1 Å². The maximum atomic E-state index is 14.0. The number of fused-ring (bicyclic) bond motifs is 3. The third kappa shape index (κ3) is 1.49. The van der Waals surface area contributed by atoms with E-state index in [1.165, 1.54) is 16.9 Å². The van der Waals surface area contributed by atoms with Crippen LogP contribution in [0.2, 0.25) is 0 Å². The Morgan fingerprint density at radius 1 is 1.25 bits per heavy atom. The highest BCUT2D eigenvalue weighted by Gasteiger charge is 2.13. The van der Waals surface area contributed by atoms with Crippen LogP contribution in [0.5, 0.6) is 0 Å². The van der Waals surface area contributed by atoms with E-state index < -0.39 is 0 Å². The number of hydrogen-bond donors (Lipinski definition) is 0. The lowest BCUT2D eigenvalue weighted by molar-refractivity contribution is 0.639. The highest BCUT2D eigenvalue weighted by atomic mass is 19.1. The van der Waals surface area contributed by atoms with Gasteiger partial charge in [-0.25, -0.2) is 18.9 Å². The summed E-state index contributed by atoms with van der Waals surface area (Å²) in [4.78, 5) is 8.59. The Kier molecular flexibility index (Phi) is 2.11. The van der Waals surface area contributed by atoms with Crippen LogP contribution in [0.25, 0.3) is 27.9 Å². The van der Waals surface area contributed by atoms with Crippen LogP contribution in [0.15, 0.2) is 36.9 Å². The number of aromatic nitrogens is 6. The van der Waals surface area contributed by atoms with Gasteiger partial charge in [0.15, 0.2) is 11.5 Å². The Bertz CT molecular complexity index is 938. The lowest BCUT2D eigenvalue weighted by Crippen LogP contribution is -1.93. The molecule has 0 aliphatic carbocycles. The number of halogens is 1. The minimum atomic E-state index is -0.356. The minimum absolute atomic E-state index is 0.356. The molecule has 0 radical (unpaired) electrons. The van der Waals surface area contributed by atoms with Gasteiger partial charge in [0.05, 0.1) is 22.7 Å². The zero-order valence-electron chi connectivity index (χ0n) is 10.5. The Balaban J connectivity index is 2.06. The van der Waals surface area contributed by atoms with E-state index in [1.807, 2.05) is 7.05 Å². The molecule has 0 amide bonds. The molecule has 0 saturated heterocycles.